The third-order valence-corrected chi connectivity index (χ3v) is 2.97. The van der Waals surface area contributed by atoms with Gasteiger partial charge < -0.3 is 14.6 Å². The summed E-state index contributed by atoms with van der Waals surface area (Å²) in [5, 5.41) is 3.32. The van der Waals surface area contributed by atoms with Gasteiger partial charge in [-0.15, -0.1) is 0 Å². The van der Waals surface area contributed by atoms with Crippen LogP contribution in [0.1, 0.15) is 36.3 Å². The lowest BCUT2D eigenvalue weighted by molar-refractivity contribution is 0.0510. The van der Waals surface area contributed by atoms with Crippen LogP contribution in [-0.4, -0.2) is 30.2 Å². The van der Waals surface area contributed by atoms with Gasteiger partial charge in [0.1, 0.15) is 5.69 Å². The first kappa shape index (κ1) is 11.2. The number of carbonyl (C=O) groups is 1. The number of rotatable bonds is 3. The summed E-state index contributed by atoms with van der Waals surface area (Å²) in [7, 11) is 0. The Kier molecular flexibility index (Phi) is 3.62. The Balaban J connectivity index is 2.14. The van der Waals surface area contributed by atoms with Gasteiger partial charge in [0.15, 0.2) is 0 Å². The zero-order valence-corrected chi connectivity index (χ0v) is 9.61. The SMILES string of the molecule is CCOC(=O)c1cccn1C1CCNCC1. The largest absolute Gasteiger partial charge is 0.461 e. The minimum atomic E-state index is -0.217. The zero-order chi connectivity index (χ0) is 11.4. The second-order valence-electron chi connectivity index (χ2n) is 4.00. The van der Waals surface area contributed by atoms with Crippen LogP contribution in [-0.2, 0) is 4.74 Å². The van der Waals surface area contributed by atoms with Crippen molar-refractivity contribution < 1.29 is 9.53 Å². The number of carbonyl (C=O) groups excluding carboxylic acids is 1. The second-order valence-corrected chi connectivity index (χ2v) is 4.00. The summed E-state index contributed by atoms with van der Waals surface area (Å²) in [4.78, 5) is 11.7. The molecule has 88 valence electrons. The molecule has 1 N–H and O–H groups in total. The Labute approximate surface area is 95.6 Å². The fraction of sp³-hybridized carbons (Fsp3) is 0.583. The first-order valence-corrected chi connectivity index (χ1v) is 5.87. The van der Waals surface area contributed by atoms with Crippen molar-refractivity contribution in [3.05, 3.63) is 24.0 Å². The fourth-order valence-corrected chi connectivity index (χ4v) is 2.18. The van der Waals surface area contributed by atoms with Crippen molar-refractivity contribution in [2.75, 3.05) is 19.7 Å². The van der Waals surface area contributed by atoms with Crippen molar-refractivity contribution in [3.63, 3.8) is 0 Å². The van der Waals surface area contributed by atoms with E-state index in [1.807, 2.05) is 25.3 Å². The second kappa shape index (κ2) is 5.16. The molecule has 1 aliphatic rings. The van der Waals surface area contributed by atoms with Crippen LogP contribution in [0.2, 0.25) is 0 Å². The van der Waals surface area contributed by atoms with Gasteiger partial charge in [0, 0.05) is 12.2 Å². The molecule has 1 fully saturated rings. The fourth-order valence-electron chi connectivity index (χ4n) is 2.18. The summed E-state index contributed by atoms with van der Waals surface area (Å²) >= 11 is 0. The maximum absolute atomic E-state index is 11.7. The van der Waals surface area contributed by atoms with E-state index in [1.54, 1.807) is 0 Å². The Hall–Kier alpha value is -1.29. The van der Waals surface area contributed by atoms with Gasteiger partial charge in [-0.05, 0) is 45.0 Å². The quantitative estimate of drug-likeness (QED) is 0.790. The van der Waals surface area contributed by atoms with Crippen LogP contribution in [0.4, 0.5) is 0 Å². The predicted octanol–water partition coefficient (Wildman–Crippen LogP) is 1.59. The molecule has 0 radical (unpaired) electrons. The number of aromatic nitrogens is 1. The molecule has 4 heteroatoms. The highest BCUT2D eigenvalue weighted by atomic mass is 16.5. The molecule has 0 saturated carbocycles. The average Bonchev–Trinajstić information content (AvgIpc) is 2.79. The minimum absolute atomic E-state index is 0.217. The minimum Gasteiger partial charge on any atom is -0.461 e. The van der Waals surface area contributed by atoms with E-state index in [9.17, 15) is 4.79 Å². The van der Waals surface area contributed by atoms with E-state index in [1.165, 1.54) is 0 Å². The van der Waals surface area contributed by atoms with Gasteiger partial charge in [-0.25, -0.2) is 4.79 Å². The monoisotopic (exact) mass is 222 g/mol. The molecule has 1 aromatic rings. The summed E-state index contributed by atoms with van der Waals surface area (Å²) in [6, 6.07) is 4.17. The molecular weight excluding hydrogens is 204 g/mol. The Morgan fingerprint density at radius 1 is 1.56 bits per heavy atom. The number of ether oxygens (including phenoxy) is 1. The smallest absolute Gasteiger partial charge is 0.354 e. The zero-order valence-electron chi connectivity index (χ0n) is 9.61. The van der Waals surface area contributed by atoms with E-state index in [2.05, 4.69) is 9.88 Å². The average molecular weight is 222 g/mol. The summed E-state index contributed by atoms with van der Waals surface area (Å²) in [6.07, 6.45) is 4.12. The summed E-state index contributed by atoms with van der Waals surface area (Å²) in [5.74, 6) is -0.217. The van der Waals surface area contributed by atoms with Gasteiger partial charge >= 0.3 is 5.97 Å². The van der Waals surface area contributed by atoms with Gasteiger partial charge in [-0.1, -0.05) is 0 Å². The van der Waals surface area contributed by atoms with Crippen LogP contribution >= 0.6 is 0 Å². The molecule has 2 heterocycles. The van der Waals surface area contributed by atoms with E-state index < -0.39 is 0 Å². The van der Waals surface area contributed by atoms with Crippen LogP contribution in [0.5, 0.6) is 0 Å². The van der Waals surface area contributed by atoms with Crippen LogP contribution in [0, 0.1) is 0 Å². The van der Waals surface area contributed by atoms with Crippen molar-refractivity contribution >= 4 is 5.97 Å². The number of hydrogen-bond acceptors (Lipinski definition) is 3. The van der Waals surface area contributed by atoms with Crippen LogP contribution < -0.4 is 5.32 Å². The third kappa shape index (κ3) is 2.27. The number of esters is 1. The first-order valence-electron chi connectivity index (χ1n) is 5.87. The third-order valence-electron chi connectivity index (χ3n) is 2.97. The molecule has 1 aromatic heterocycles. The normalized spacial score (nSPS) is 17.3. The summed E-state index contributed by atoms with van der Waals surface area (Å²) in [6.45, 7) is 4.29. The number of nitrogens with one attached hydrogen (secondary N) is 1. The first-order chi connectivity index (χ1) is 7.83. The van der Waals surface area contributed by atoms with Crippen molar-refractivity contribution in [1.29, 1.82) is 0 Å². The maximum Gasteiger partial charge on any atom is 0.354 e. The Morgan fingerprint density at radius 3 is 3.00 bits per heavy atom. The molecule has 0 bridgehead atoms. The van der Waals surface area contributed by atoms with Crippen LogP contribution in [0.25, 0.3) is 0 Å². The molecule has 1 aliphatic heterocycles. The highest BCUT2D eigenvalue weighted by molar-refractivity contribution is 5.87. The molecule has 16 heavy (non-hydrogen) atoms. The lowest BCUT2D eigenvalue weighted by Crippen LogP contribution is -2.30. The lowest BCUT2D eigenvalue weighted by Gasteiger charge is -2.25. The van der Waals surface area contributed by atoms with Crippen molar-refractivity contribution in [3.8, 4) is 0 Å². The van der Waals surface area contributed by atoms with E-state index in [0.717, 1.165) is 25.9 Å². The van der Waals surface area contributed by atoms with Gasteiger partial charge in [0.05, 0.1) is 6.61 Å². The molecule has 0 spiro atoms. The molecule has 0 amide bonds. The standard InChI is InChI=1S/C12H18N2O2/c1-2-16-12(15)11-4-3-9-14(11)10-5-7-13-8-6-10/h3-4,9-10,13H,2,5-8H2,1H3. The Morgan fingerprint density at radius 2 is 2.31 bits per heavy atom. The number of piperidine rings is 1. The van der Waals surface area contributed by atoms with E-state index >= 15 is 0 Å². The van der Waals surface area contributed by atoms with Gasteiger partial charge in [-0.2, -0.15) is 0 Å². The summed E-state index contributed by atoms with van der Waals surface area (Å²) < 4.78 is 7.10. The van der Waals surface area contributed by atoms with E-state index in [0.29, 0.717) is 18.3 Å². The highest BCUT2D eigenvalue weighted by Crippen LogP contribution is 2.21. The number of hydrogen-bond donors (Lipinski definition) is 1. The molecule has 0 aliphatic carbocycles. The molecule has 4 nitrogen and oxygen atoms in total. The summed E-state index contributed by atoms with van der Waals surface area (Å²) in [5.41, 5.74) is 0.675. The van der Waals surface area contributed by atoms with Crippen LogP contribution in [0.3, 0.4) is 0 Å². The molecule has 0 atom stereocenters. The predicted molar refractivity (Wildman–Crippen MR) is 61.5 cm³/mol. The molecule has 1 saturated heterocycles. The molecular formula is C12H18N2O2. The number of nitrogens with zero attached hydrogens (tertiary/aromatic N) is 1. The van der Waals surface area contributed by atoms with Crippen molar-refractivity contribution in [2.24, 2.45) is 0 Å². The topological polar surface area (TPSA) is 43.3 Å². The van der Waals surface area contributed by atoms with E-state index in [4.69, 9.17) is 4.74 Å². The highest BCUT2D eigenvalue weighted by Gasteiger charge is 2.20. The van der Waals surface area contributed by atoms with Gasteiger partial charge in [0.2, 0.25) is 0 Å². The molecule has 0 unspecified atom stereocenters. The molecule has 0 aromatic carbocycles. The lowest BCUT2D eigenvalue weighted by atomic mass is 10.1. The maximum atomic E-state index is 11.7. The van der Waals surface area contributed by atoms with Crippen molar-refractivity contribution in [2.45, 2.75) is 25.8 Å². The van der Waals surface area contributed by atoms with Crippen LogP contribution in [0.15, 0.2) is 18.3 Å². The molecule has 2 rings (SSSR count). The van der Waals surface area contributed by atoms with E-state index in [-0.39, 0.29) is 5.97 Å². The Bertz CT molecular complexity index is 354. The van der Waals surface area contributed by atoms with Crippen molar-refractivity contribution in [1.82, 2.24) is 9.88 Å². The van der Waals surface area contributed by atoms with Gasteiger partial charge in [0.25, 0.3) is 0 Å². The van der Waals surface area contributed by atoms with Gasteiger partial charge in [-0.3, -0.25) is 0 Å².